The second kappa shape index (κ2) is 6.71. The lowest BCUT2D eigenvalue weighted by Gasteiger charge is -2.20. The van der Waals surface area contributed by atoms with Crippen LogP contribution < -0.4 is 0 Å². The van der Waals surface area contributed by atoms with Crippen LogP contribution in [0, 0.1) is 5.41 Å². The van der Waals surface area contributed by atoms with Crippen molar-refractivity contribution in [1.82, 2.24) is 0 Å². The molecular formula is C13H20O4. The number of hydrogen-bond acceptors (Lipinski definition) is 4. The third-order valence-electron chi connectivity index (χ3n) is 2.67. The molecule has 96 valence electrons. The molecule has 1 aromatic rings. The van der Waals surface area contributed by atoms with Gasteiger partial charge in [-0.05, 0) is 11.1 Å². The Kier molecular flexibility index (Phi) is 5.58. The monoisotopic (exact) mass is 240 g/mol. The van der Waals surface area contributed by atoms with Crippen molar-refractivity contribution in [2.24, 2.45) is 5.41 Å². The van der Waals surface area contributed by atoms with Crippen molar-refractivity contribution in [3.05, 3.63) is 35.4 Å². The molecular weight excluding hydrogens is 220 g/mol. The molecule has 17 heavy (non-hydrogen) atoms. The van der Waals surface area contributed by atoms with Crippen molar-refractivity contribution in [2.45, 2.75) is 20.1 Å². The van der Waals surface area contributed by atoms with Crippen LogP contribution in [0.25, 0.3) is 0 Å². The van der Waals surface area contributed by atoms with Gasteiger partial charge in [-0.3, -0.25) is 0 Å². The number of fused-ring (bicyclic) bond motifs is 2. The first-order valence-electron chi connectivity index (χ1n) is 5.62. The zero-order chi connectivity index (χ0) is 12.7. The third kappa shape index (κ3) is 4.44. The highest BCUT2D eigenvalue weighted by Crippen LogP contribution is 2.13. The Hall–Kier alpha value is -0.940. The summed E-state index contributed by atoms with van der Waals surface area (Å²) >= 11 is 0. The fourth-order valence-corrected chi connectivity index (χ4v) is 1.25. The summed E-state index contributed by atoms with van der Waals surface area (Å²) in [6.07, 6.45) is 0. The second-order valence-electron chi connectivity index (χ2n) is 4.60. The van der Waals surface area contributed by atoms with E-state index < -0.39 is 5.41 Å². The molecule has 0 spiro atoms. The zero-order valence-corrected chi connectivity index (χ0v) is 10.1. The molecule has 0 amide bonds. The Morgan fingerprint density at radius 2 is 1.53 bits per heavy atom. The number of benzene rings is 1. The Morgan fingerprint density at radius 1 is 1.06 bits per heavy atom. The first kappa shape index (κ1) is 14.1. The minimum absolute atomic E-state index is 0.181. The third-order valence-corrected chi connectivity index (χ3v) is 2.67. The summed E-state index contributed by atoms with van der Waals surface area (Å²) in [5.74, 6) is 0. The van der Waals surface area contributed by atoms with Crippen LogP contribution in [0.5, 0.6) is 0 Å². The minimum atomic E-state index is -0.708. The molecule has 0 aliphatic carbocycles. The van der Waals surface area contributed by atoms with E-state index in [0.717, 1.165) is 13.2 Å². The first-order chi connectivity index (χ1) is 8.13. The molecule has 3 N–H and O–H groups in total. The van der Waals surface area contributed by atoms with Gasteiger partial charge >= 0.3 is 0 Å². The van der Waals surface area contributed by atoms with Gasteiger partial charge in [0.2, 0.25) is 0 Å². The summed E-state index contributed by atoms with van der Waals surface area (Å²) in [5.41, 5.74) is 1.87. The molecule has 0 unspecified atom stereocenters. The van der Waals surface area contributed by atoms with Crippen molar-refractivity contribution >= 4 is 0 Å². The van der Waals surface area contributed by atoms with Crippen LogP contribution in [-0.2, 0) is 18.0 Å². The lowest BCUT2D eigenvalue weighted by molar-refractivity contribution is 0.0200. The fourth-order valence-electron chi connectivity index (χ4n) is 1.25. The van der Waals surface area contributed by atoms with Gasteiger partial charge in [-0.25, -0.2) is 0 Å². The second-order valence-corrected chi connectivity index (χ2v) is 4.60. The average molecular weight is 240 g/mol. The van der Waals surface area contributed by atoms with Gasteiger partial charge in [-0.1, -0.05) is 31.2 Å². The van der Waals surface area contributed by atoms with Gasteiger partial charge in [0, 0.05) is 5.41 Å². The van der Waals surface area contributed by atoms with E-state index in [0.29, 0.717) is 0 Å². The van der Waals surface area contributed by atoms with Crippen LogP contribution in [0.3, 0.4) is 0 Å². The van der Waals surface area contributed by atoms with E-state index in [1.807, 2.05) is 0 Å². The average Bonchev–Trinajstić information content (AvgIpc) is 2.39. The van der Waals surface area contributed by atoms with Crippen LogP contribution in [-0.4, -0.2) is 35.1 Å². The topological polar surface area (TPSA) is 69.9 Å². The van der Waals surface area contributed by atoms with Gasteiger partial charge in [-0.15, -0.1) is 0 Å². The van der Waals surface area contributed by atoms with Crippen molar-refractivity contribution in [2.75, 3.05) is 19.8 Å². The largest absolute Gasteiger partial charge is 0.396 e. The van der Waals surface area contributed by atoms with E-state index in [1.165, 1.54) is 11.1 Å². The highest BCUT2D eigenvalue weighted by Gasteiger charge is 2.20. The standard InChI is InChI=1S/C8H8O.C5H12O3/c1-2-7-4-8(3-1)6-9-5-7;1-5(2-6,3-7)4-8/h1-4H,5-6H2;6-8H,2-4H2,1H3. The van der Waals surface area contributed by atoms with Crippen molar-refractivity contribution < 1.29 is 20.1 Å². The Bertz CT molecular complexity index is 306. The summed E-state index contributed by atoms with van der Waals surface area (Å²) < 4.78 is 5.25. The Labute approximate surface area is 101 Å². The Balaban J connectivity index is 0.000000172. The van der Waals surface area contributed by atoms with Crippen molar-refractivity contribution in [3.8, 4) is 0 Å². The molecule has 1 heterocycles. The molecule has 0 fully saturated rings. The molecule has 4 nitrogen and oxygen atoms in total. The van der Waals surface area contributed by atoms with Crippen molar-refractivity contribution in [1.29, 1.82) is 0 Å². The molecule has 0 aromatic heterocycles. The predicted molar refractivity (Wildman–Crippen MR) is 64.3 cm³/mol. The summed E-state index contributed by atoms with van der Waals surface area (Å²) in [4.78, 5) is 0. The van der Waals surface area contributed by atoms with Crippen molar-refractivity contribution in [3.63, 3.8) is 0 Å². The van der Waals surface area contributed by atoms with Crippen LogP contribution >= 0.6 is 0 Å². The van der Waals surface area contributed by atoms with E-state index in [-0.39, 0.29) is 19.8 Å². The van der Waals surface area contributed by atoms with Gasteiger partial charge in [0.25, 0.3) is 0 Å². The highest BCUT2D eigenvalue weighted by atomic mass is 16.5. The zero-order valence-electron chi connectivity index (χ0n) is 10.1. The van der Waals surface area contributed by atoms with Gasteiger partial charge in [0.15, 0.2) is 0 Å². The number of ether oxygens (including phenoxy) is 1. The fraction of sp³-hybridized carbons (Fsp3) is 0.538. The summed E-state index contributed by atoms with van der Waals surface area (Å²) in [6.45, 7) is 2.63. The number of aliphatic hydroxyl groups is 3. The molecule has 0 radical (unpaired) electrons. The Morgan fingerprint density at radius 3 is 1.82 bits per heavy atom. The molecule has 2 rings (SSSR count). The lowest BCUT2D eigenvalue weighted by atomic mass is 9.95. The lowest BCUT2D eigenvalue weighted by Crippen LogP contribution is -2.29. The number of rotatable bonds is 3. The summed E-state index contributed by atoms with van der Waals surface area (Å²) in [6, 6.07) is 8.43. The van der Waals surface area contributed by atoms with Gasteiger partial charge < -0.3 is 20.1 Å². The number of aliphatic hydroxyl groups excluding tert-OH is 3. The summed E-state index contributed by atoms with van der Waals surface area (Å²) in [7, 11) is 0. The number of hydrogen-bond donors (Lipinski definition) is 3. The van der Waals surface area contributed by atoms with Crippen LogP contribution in [0.2, 0.25) is 0 Å². The molecule has 0 atom stereocenters. The predicted octanol–water partition coefficient (Wildman–Crippen LogP) is 0.686. The van der Waals surface area contributed by atoms with Gasteiger partial charge in [0.1, 0.15) is 0 Å². The SMILES string of the molecule is CC(CO)(CO)CO.c1cc2cc(c1)COC2. The smallest absolute Gasteiger partial charge is 0.0721 e. The molecule has 2 bridgehead atoms. The quantitative estimate of drug-likeness (QED) is 0.727. The molecule has 4 heteroatoms. The van der Waals surface area contributed by atoms with Gasteiger partial charge in [0.05, 0.1) is 33.0 Å². The van der Waals surface area contributed by atoms with E-state index in [4.69, 9.17) is 20.1 Å². The molecule has 1 aliphatic heterocycles. The van der Waals surface area contributed by atoms with Crippen LogP contribution in [0.1, 0.15) is 18.1 Å². The summed E-state index contributed by atoms with van der Waals surface area (Å²) in [5, 5.41) is 25.4. The molecule has 0 saturated heterocycles. The molecule has 1 aliphatic rings. The molecule has 0 saturated carbocycles. The van der Waals surface area contributed by atoms with Crippen LogP contribution in [0.15, 0.2) is 24.3 Å². The van der Waals surface area contributed by atoms with E-state index in [1.54, 1.807) is 6.92 Å². The maximum atomic E-state index is 8.47. The van der Waals surface area contributed by atoms with Gasteiger partial charge in [-0.2, -0.15) is 0 Å². The normalized spacial score (nSPS) is 13.9. The first-order valence-corrected chi connectivity index (χ1v) is 5.62. The van der Waals surface area contributed by atoms with E-state index in [9.17, 15) is 0 Å². The molecule has 1 aromatic carbocycles. The minimum Gasteiger partial charge on any atom is -0.396 e. The maximum Gasteiger partial charge on any atom is 0.0721 e. The van der Waals surface area contributed by atoms with E-state index >= 15 is 0 Å². The maximum absolute atomic E-state index is 8.47. The highest BCUT2D eigenvalue weighted by molar-refractivity contribution is 5.23. The van der Waals surface area contributed by atoms with Crippen LogP contribution in [0.4, 0.5) is 0 Å². The van der Waals surface area contributed by atoms with E-state index in [2.05, 4.69) is 24.3 Å².